The van der Waals surface area contributed by atoms with Crippen molar-refractivity contribution in [3.05, 3.63) is 23.8 Å². The number of nitrogens with zero attached hydrogens (tertiary/aromatic N) is 1. The van der Waals surface area contributed by atoms with Crippen molar-refractivity contribution in [2.45, 2.75) is 33.6 Å². The van der Waals surface area contributed by atoms with Crippen LogP contribution in [0.25, 0.3) is 0 Å². The molecule has 0 radical (unpaired) electrons. The summed E-state index contributed by atoms with van der Waals surface area (Å²) in [5, 5.41) is 0. The van der Waals surface area contributed by atoms with Crippen LogP contribution in [0.4, 0.5) is 0 Å². The van der Waals surface area contributed by atoms with E-state index >= 15 is 0 Å². The van der Waals surface area contributed by atoms with Gasteiger partial charge in [0.25, 0.3) is 0 Å². The Labute approximate surface area is 87.6 Å². The number of allylic oxidation sites excluding steroid dienone is 3. The molecule has 2 atom stereocenters. The zero-order chi connectivity index (χ0) is 10.7. The van der Waals surface area contributed by atoms with Gasteiger partial charge in [-0.25, -0.2) is 0 Å². The molecule has 1 fully saturated rings. The molecule has 0 amide bonds. The summed E-state index contributed by atoms with van der Waals surface area (Å²) in [4.78, 5) is 4.23. The van der Waals surface area contributed by atoms with Crippen LogP contribution in [0.5, 0.6) is 0 Å². The molecule has 0 aromatic heterocycles. The Balaban J connectivity index is 2.66. The highest BCUT2D eigenvalue weighted by Crippen LogP contribution is 2.47. The van der Waals surface area contributed by atoms with Gasteiger partial charge in [-0.05, 0) is 51.0 Å². The second-order valence-corrected chi connectivity index (χ2v) is 4.24. The monoisotopic (exact) mass is 191 g/mol. The summed E-state index contributed by atoms with van der Waals surface area (Å²) >= 11 is 0. The molecule has 0 aromatic rings. The fourth-order valence-electron chi connectivity index (χ4n) is 1.98. The van der Waals surface area contributed by atoms with E-state index in [2.05, 4.69) is 32.3 Å². The molecule has 1 saturated carbocycles. The molecule has 0 heterocycles. The van der Waals surface area contributed by atoms with Crippen LogP contribution in [0.1, 0.15) is 33.6 Å². The van der Waals surface area contributed by atoms with Gasteiger partial charge in [0.15, 0.2) is 0 Å². The topological polar surface area (TPSA) is 12.4 Å². The first-order chi connectivity index (χ1) is 6.61. The van der Waals surface area contributed by atoms with Gasteiger partial charge in [-0.1, -0.05) is 11.6 Å². The highest BCUT2D eigenvalue weighted by molar-refractivity contribution is 5.98. The standard InChI is InChI=1S/C13H21N/c1-6-7-12-8-13(12)10(3)9(2)11(4)14-5/h6,12-13H,1,7-8H2,2-5H3/b10-9-,14-11-. The van der Waals surface area contributed by atoms with E-state index in [1.54, 1.807) is 0 Å². The Morgan fingerprint density at radius 2 is 2.07 bits per heavy atom. The Kier molecular flexibility index (Phi) is 3.68. The predicted octanol–water partition coefficient (Wildman–Crippen LogP) is 3.63. The lowest BCUT2D eigenvalue weighted by Crippen LogP contribution is -1.99. The molecule has 0 aromatic carbocycles. The molecule has 14 heavy (non-hydrogen) atoms. The van der Waals surface area contributed by atoms with E-state index < -0.39 is 0 Å². The average Bonchev–Trinajstić information content (AvgIpc) is 2.94. The molecule has 0 aliphatic heterocycles. The SMILES string of the molecule is C=CCC1CC1/C(C)=C(C)\C(C)=N/C. The van der Waals surface area contributed by atoms with E-state index in [1.807, 2.05) is 13.1 Å². The molecular weight excluding hydrogens is 170 g/mol. The molecule has 78 valence electrons. The van der Waals surface area contributed by atoms with Crippen LogP contribution in [-0.4, -0.2) is 12.8 Å². The molecular formula is C13H21N. The molecule has 2 unspecified atom stereocenters. The lowest BCUT2D eigenvalue weighted by atomic mass is 10.0. The van der Waals surface area contributed by atoms with Gasteiger partial charge >= 0.3 is 0 Å². The minimum atomic E-state index is 0.796. The Hall–Kier alpha value is -0.850. The van der Waals surface area contributed by atoms with E-state index in [0.717, 1.165) is 18.3 Å². The summed E-state index contributed by atoms with van der Waals surface area (Å²) in [6, 6.07) is 0. The van der Waals surface area contributed by atoms with E-state index in [4.69, 9.17) is 0 Å². The number of hydrogen-bond donors (Lipinski definition) is 0. The third-order valence-corrected chi connectivity index (χ3v) is 3.42. The van der Waals surface area contributed by atoms with Gasteiger partial charge in [0.05, 0.1) is 0 Å². The zero-order valence-electron chi connectivity index (χ0n) is 9.80. The van der Waals surface area contributed by atoms with Crippen molar-refractivity contribution in [1.82, 2.24) is 0 Å². The third kappa shape index (κ3) is 2.34. The Morgan fingerprint density at radius 3 is 2.57 bits per heavy atom. The molecule has 1 heteroatoms. The predicted molar refractivity (Wildman–Crippen MR) is 63.8 cm³/mol. The molecule has 0 N–H and O–H groups in total. The summed E-state index contributed by atoms with van der Waals surface area (Å²) in [5.41, 5.74) is 4.08. The van der Waals surface area contributed by atoms with E-state index in [9.17, 15) is 0 Å². The second-order valence-electron chi connectivity index (χ2n) is 4.24. The van der Waals surface area contributed by atoms with Crippen molar-refractivity contribution in [2.24, 2.45) is 16.8 Å². The minimum absolute atomic E-state index is 0.796. The first-order valence-corrected chi connectivity index (χ1v) is 5.33. The molecule has 1 aliphatic carbocycles. The summed E-state index contributed by atoms with van der Waals surface area (Å²) in [6.07, 6.45) is 4.54. The molecule has 1 aliphatic rings. The summed E-state index contributed by atoms with van der Waals surface area (Å²) in [5.74, 6) is 1.65. The van der Waals surface area contributed by atoms with Crippen LogP contribution in [0.3, 0.4) is 0 Å². The maximum Gasteiger partial charge on any atom is 0.0342 e. The van der Waals surface area contributed by atoms with Crippen LogP contribution in [0, 0.1) is 11.8 Å². The highest BCUT2D eigenvalue weighted by Gasteiger charge is 2.37. The minimum Gasteiger partial charge on any atom is -0.293 e. The van der Waals surface area contributed by atoms with Crippen molar-refractivity contribution < 1.29 is 0 Å². The van der Waals surface area contributed by atoms with Crippen molar-refractivity contribution in [1.29, 1.82) is 0 Å². The Morgan fingerprint density at radius 1 is 1.43 bits per heavy atom. The maximum absolute atomic E-state index is 4.23. The number of hydrogen-bond acceptors (Lipinski definition) is 1. The summed E-state index contributed by atoms with van der Waals surface area (Å²) in [7, 11) is 1.86. The van der Waals surface area contributed by atoms with Gasteiger partial charge in [0, 0.05) is 12.8 Å². The molecule has 0 saturated heterocycles. The smallest absolute Gasteiger partial charge is 0.0342 e. The van der Waals surface area contributed by atoms with Crippen LogP contribution in [0.15, 0.2) is 28.8 Å². The van der Waals surface area contributed by atoms with Gasteiger partial charge in [0.1, 0.15) is 0 Å². The second kappa shape index (κ2) is 4.59. The van der Waals surface area contributed by atoms with Gasteiger partial charge in [-0.15, -0.1) is 6.58 Å². The maximum atomic E-state index is 4.23. The quantitative estimate of drug-likeness (QED) is 0.475. The first-order valence-electron chi connectivity index (χ1n) is 5.33. The summed E-state index contributed by atoms with van der Waals surface area (Å²) in [6.45, 7) is 10.3. The third-order valence-electron chi connectivity index (χ3n) is 3.42. The highest BCUT2D eigenvalue weighted by atomic mass is 14.7. The van der Waals surface area contributed by atoms with Crippen molar-refractivity contribution >= 4 is 5.71 Å². The molecule has 0 bridgehead atoms. The first kappa shape index (κ1) is 11.2. The Bertz CT molecular complexity index is 284. The number of aliphatic imine (C=N–C) groups is 1. The lowest BCUT2D eigenvalue weighted by Gasteiger charge is -2.06. The van der Waals surface area contributed by atoms with Crippen molar-refractivity contribution in [2.75, 3.05) is 7.05 Å². The van der Waals surface area contributed by atoms with E-state index in [-0.39, 0.29) is 0 Å². The van der Waals surface area contributed by atoms with Crippen molar-refractivity contribution in [3.63, 3.8) is 0 Å². The molecule has 1 rings (SSSR count). The van der Waals surface area contributed by atoms with Crippen LogP contribution >= 0.6 is 0 Å². The normalized spacial score (nSPS) is 28.4. The van der Waals surface area contributed by atoms with Gasteiger partial charge < -0.3 is 0 Å². The number of rotatable bonds is 4. The summed E-state index contributed by atoms with van der Waals surface area (Å²) < 4.78 is 0. The zero-order valence-corrected chi connectivity index (χ0v) is 9.80. The van der Waals surface area contributed by atoms with Gasteiger partial charge in [0.2, 0.25) is 0 Å². The van der Waals surface area contributed by atoms with Gasteiger partial charge in [-0.3, -0.25) is 4.99 Å². The largest absolute Gasteiger partial charge is 0.293 e. The van der Waals surface area contributed by atoms with Crippen LogP contribution < -0.4 is 0 Å². The van der Waals surface area contributed by atoms with E-state index in [0.29, 0.717) is 0 Å². The van der Waals surface area contributed by atoms with Crippen LogP contribution in [0.2, 0.25) is 0 Å². The van der Waals surface area contributed by atoms with E-state index in [1.165, 1.54) is 23.3 Å². The van der Waals surface area contributed by atoms with Crippen molar-refractivity contribution in [3.8, 4) is 0 Å². The molecule has 0 spiro atoms. The van der Waals surface area contributed by atoms with Gasteiger partial charge in [-0.2, -0.15) is 0 Å². The fraction of sp³-hybridized carbons (Fsp3) is 0.615. The fourth-order valence-corrected chi connectivity index (χ4v) is 1.98. The lowest BCUT2D eigenvalue weighted by molar-refractivity contribution is 0.779. The average molecular weight is 191 g/mol. The van der Waals surface area contributed by atoms with Crippen LogP contribution in [-0.2, 0) is 0 Å². The molecule has 1 nitrogen and oxygen atoms in total.